The van der Waals surface area contributed by atoms with Crippen LogP contribution < -0.4 is 16.6 Å². The van der Waals surface area contributed by atoms with Crippen molar-refractivity contribution in [1.29, 1.82) is 0 Å². The minimum atomic E-state index is 0.132. The van der Waals surface area contributed by atoms with E-state index in [9.17, 15) is 0 Å². The summed E-state index contributed by atoms with van der Waals surface area (Å²) in [6, 6.07) is 0.513. The standard InChI is InChI=1S/C8H17N3O/c1-12-5-2-3-6-7(4-5)10-11-8(6)9/h5-8,10-11H,2-4,9H2,1H3. The van der Waals surface area contributed by atoms with Crippen molar-refractivity contribution in [2.45, 2.75) is 37.6 Å². The van der Waals surface area contributed by atoms with Gasteiger partial charge in [0.2, 0.25) is 0 Å². The molecular weight excluding hydrogens is 154 g/mol. The van der Waals surface area contributed by atoms with Crippen molar-refractivity contribution in [1.82, 2.24) is 10.9 Å². The number of nitrogens with two attached hydrogens (primary N) is 1. The first-order valence-corrected chi connectivity index (χ1v) is 4.60. The largest absolute Gasteiger partial charge is 0.381 e. The monoisotopic (exact) mass is 171 g/mol. The number of hydrogen-bond donors (Lipinski definition) is 3. The van der Waals surface area contributed by atoms with Gasteiger partial charge in [0.25, 0.3) is 0 Å². The van der Waals surface area contributed by atoms with E-state index in [-0.39, 0.29) is 6.17 Å². The first-order valence-electron chi connectivity index (χ1n) is 4.60. The van der Waals surface area contributed by atoms with Crippen molar-refractivity contribution in [3.05, 3.63) is 0 Å². The molecule has 0 aromatic carbocycles. The fraction of sp³-hybridized carbons (Fsp3) is 1.00. The summed E-state index contributed by atoms with van der Waals surface area (Å²) in [5.41, 5.74) is 12.2. The zero-order valence-electron chi connectivity index (χ0n) is 7.42. The van der Waals surface area contributed by atoms with Gasteiger partial charge in [0.05, 0.1) is 12.3 Å². The molecule has 0 amide bonds. The smallest absolute Gasteiger partial charge is 0.0723 e. The first-order chi connectivity index (χ1) is 5.81. The van der Waals surface area contributed by atoms with Gasteiger partial charge in [0, 0.05) is 19.1 Å². The highest BCUT2D eigenvalue weighted by Gasteiger charge is 2.38. The highest BCUT2D eigenvalue weighted by molar-refractivity contribution is 4.93. The molecule has 0 aromatic rings. The molecule has 2 aliphatic rings. The van der Waals surface area contributed by atoms with Gasteiger partial charge in [-0.1, -0.05) is 0 Å². The second-order valence-corrected chi connectivity index (χ2v) is 3.76. The van der Waals surface area contributed by atoms with Gasteiger partial charge < -0.3 is 10.5 Å². The Morgan fingerprint density at radius 2 is 2.17 bits per heavy atom. The lowest BCUT2D eigenvalue weighted by Gasteiger charge is -2.30. The molecule has 1 heterocycles. The molecule has 2 rings (SSSR count). The molecule has 12 heavy (non-hydrogen) atoms. The third kappa shape index (κ3) is 1.35. The van der Waals surface area contributed by atoms with Crippen LogP contribution in [-0.2, 0) is 4.74 Å². The summed E-state index contributed by atoms with van der Waals surface area (Å²) in [6.45, 7) is 0. The summed E-state index contributed by atoms with van der Waals surface area (Å²) in [7, 11) is 1.79. The Morgan fingerprint density at radius 1 is 1.33 bits per heavy atom. The van der Waals surface area contributed by atoms with Crippen LogP contribution in [0.1, 0.15) is 19.3 Å². The Labute approximate surface area is 72.8 Å². The predicted molar refractivity (Wildman–Crippen MR) is 46.2 cm³/mol. The molecule has 0 bridgehead atoms. The lowest BCUT2D eigenvalue weighted by atomic mass is 9.83. The van der Waals surface area contributed by atoms with E-state index in [0.717, 1.165) is 12.8 Å². The number of rotatable bonds is 1. The minimum absolute atomic E-state index is 0.132. The van der Waals surface area contributed by atoms with Gasteiger partial charge in [-0.15, -0.1) is 0 Å². The molecule has 1 saturated carbocycles. The Bertz CT molecular complexity index is 164. The second kappa shape index (κ2) is 3.30. The van der Waals surface area contributed by atoms with E-state index in [1.807, 2.05) is 0 Å². The van der Waals surface area contributed by atoms with Crippen LogP contribution in [0.25, 0.3) is 0 Å². The Morgan fingerprint density at radius 3 is 2.92 bits per heavy atom. The van der Waals surface area contributed by atoms with Gasteiger partial charge in [-0.3, -0.25) is 5.43 Å². The number of nitrogens with one attached hydrogen (secondary N) is 2. The van der Waals surface area contributed by atoms with E-state index in [0.29, 0.717) is 18.1 Å². The molecule has 1 aliphatic carbocycles. The highest BCUT2D eigenvalue weighted by atomic mass is 16.5. The molecular formula is C8H17N3O. The lowest BCUT2D eigenvalue weighted by molar-refractivity contribution is 0.0480. The van der Waals surface area contributed by atoms with E-state index in [4.69, 9.17) is 10.5 Å². The van der Waals surface area contributed by atoms with E-state index in [1.54, 1.807) is 7.11 Å². The van der Waals surface area contributed by atoms with Crippen LogP contribution in [-0.4, -0.2) is 25.4 Å². The molecule has 1 aliphatic heterocycles. The topological polar surface area (TPSA) is 59.3 Å². The van der Waals surface area contributed by atoms with E-state index >= 15 is 0 Å². The number of fused-ring (bicyclic) bond motifs is 1. The van der Waals surface area contributed by atoms with Gasteiger partial charge in [-0.2, -0.15) is 0 Å². The Kier molecular flexibility index (Phi) is 2.32. The molecule has 0 aromatic heterocycles. The van der Waals surface area contributed by atoms with Crippen molar-refractivity contribution >= 4 is 0 Å². The highest BCUT2D eigenvalue weighted by Crippen LogP contribution is 2.29. The minimum Gasteiger partial charge on any atom is -0.381 e. The van der Waals surface area contributed by atoms with Crippen molar-refractivity contribution in [2.75, 3.05) is 7.11 Å². The number of methoxy groups -OCH3 is 1. The third-order valence-corrected chi connectivity index (χ3v) is 3.09. The Balaban J connectivity index is 1.95. The van der Waals surface area contributed by atoms with E-state index in [1.165, 1.54) is 6.42 Å². The summed E-state index contributed by atoms with van der Waals surface area (Å²) < 4.78 is 5.33. The molecule has 4 atom stereocenters. The summed E-state index contributed by atoms with van der Waals surface area (Å²) in [6.07, 6.45) is 3.96. The van der Waals surface area contributed by atoms with Gasteiger partial charge in [0.1, 0.15) is 0 Å². The third-order valence-electron chi connectivity index (χ3n) is 3.09. The van der Waals surface area contributed by atoms with Crippen molar-refractivity contribution in [3.8, 4) is 0 Å². The molecule has 2 fully saturated rings. The molecule has 4 heteroatoms. The molecule has 1 saturated heterocycles. The fourth-order valence-corrected chi connectivity index (χ4v) is 2.28. The summed E-state index contributed by atoms with van der Waals surface area (Å²) in [5, 5.41) is 0. The molecule has 0 radical (unpaired) electrons. The lowest BCUT2D eigenvalue weighted by Crippen LogP contribution is -2.40. The summed E-state index contributed by atoms with van der Waals surface area (Å²) in [4.78, 5) is 0. The van der Waals surface area contributed by atoms with Crippen LogP contribution in [0.15, 0.2) is 0 Å². The number of ether oxygens (including phenoxy) is 1. The normalized spacial score (nSPS) is 47.5. The van der Waals surface area contributed by atoms with Gasteiger partial charge >= 0.3 is 0 Å². The van der Waals surface area contributed by atoms with Gasteiger partial charge in [-0.05, 0) is 19.3 Å². The zero-order valence-corrected chi connectivity index (χ0v) is 7.42. The molecule has 4 unspecified atom stereocenters. The maximum atomic E-state index is 5.86. The van der Waals surface area contributed by atoms with Crippen molar-refractivity contribution < 1.29 is 4.74 Å². The Hall–Kier alpha value is -0.160. The number of hydrogen-bond acceptors (Lipinski definition) is 4. The molecule has 70 valence electrons. The van der Waals surface area contributed by atoms with E-state index in [2.05, 4.69) is 10.9 Å². The van der Waals surface area contributed by atoms with E-state index < -0.39 is 0 Å². The maximum absolute atomic E-state index is 5.86. The van der Waals surface area contributed by atoms with Crippen LogP contribution in [0.3, 0.4) is 0 Å². The maximum Gasteiger partial charge on any atom is 0.0723 e. The van der Waals surface area contributed by atoms with Crippen LogP contribution in [0.2, 0.25) is 0 Å². The van der Waals surface area contributed by atoms with Crippen LogP contribution in [0, 0.1) is 5.92 Å². The molecule has 0 spiro atoms. The second-order valence-electron chi connectivity index (χ2n) is 3.76. The van der Waals surface area contributed by atoms with Crippen molar-refractivity contribution in [3.63, 3.8) is 0 Å². The zero-order chi connectivity index (χ0) is 8.55. The average molecular weight is 171 g/mol. The fourth-order valence-electron chi connectivity index (χ4n) is 2.28. The average Bonchev–Trinajstić information content (AvgIpc) is 2.47. The van der Waals surface area contributed by atoms with Crippen LogP contribution >= 0.6 is 0 Å². The quantitative estimate of drug-likeness (QED) is 0.501. The molecule has 4 nitrogen and oxygen atoms in total. The van der Waals surface area contributed by atoms with Gasteiger partial charge in [-0.25, -0.2) is 5.43 Å². The predicted octanol–water partition coefficient (Wildman–Crippen LogP) is -0.437. The first kappa shape index (κ1) is 8.44. The van der Waals surface area contributed by atoms with Crippen LogP contribution in [0.5, 0.6) is 0 Å². The number of hydrazine groups is 1. The summed E-state index contributed by atoms with van der Waals surface area (Å²) in [5.74, 6) is 0.594. The van der Waals surface area contributed by atoms with Gasteiger partial charge in [0.15, 0.2) is 0 Å². The molecule has 4 N–H and O–H groups in total. The van der Waals surface area contributed by atoms with Crippen LogP contribution in [0.4, 0.5) is 0 Å². The SMILES string of the molecule is COC1CCC2C(N)NNC2C1. The van der Waals surface area contributed by atoms with Crippen molar-refractivity contribution in [2.24, 2.45) is 11.7 Å². The summed E-state index contributed by atoms with van der Waals surface area (Å²) >= 11 is 0.